The molecular weight excluding hydrogens is 319 g/mol. The summed E-state index contributed by atoms with van der Waals surface area (Å²) in [6, 6.07) is 4.70. The quantitative estimate of drug-likeness (QED) is 0.863. The van der Waals surface area contributed by atoms with Gasteiger partial charge in [-0.3, -0.25) is 14.7 Å². The number of carbonyl (C=O) groups is 1. The van der Waals surface area contributed by atoms with Gasteiger partial charge < -0.3 is 4.90 Å². The summed E-state index contributed by atoms with van der Waals surface area (Å²) in [7, 11) is 0. The first-order chi connectivity index (χ1) is 11.1. The van der Waals surface area contributed by atoms with Crippen molar-refractivity contribution in [3.05, 3.63) is 58.9 Å². The van der Waals surface area contributed by atoms with Crippen LogP contribution in [-0.4, -0.2) is 51.9 Å². The van der Waals surface area contributed by atoms with E-state index >= 15 is 0 Å². The monoisotopic (exact) mass is 334 g/mol. The van der Waals surface area contributed by atoms with Crippen LogP contribution in [0.5, 0.6) is 0 Å². The molecule has 0 bridgehead atoms. The number of piperazine rings is 1. The molecule has 2 heterocycles. The molecule has 1 aromatic heterocycles. The predicted octanol–water partition coefficient (Wildman–Crippen LogP) is 2.23. The number of nitrogens with zero attached hydrogens (tertiary/aromatic N) is 4. The Morgan fingerprint density at radius 2 is 2.00 bits per heavy atom. The van der Waals surface area contributed by atoms with Crippen LogP contribution in [0.15, 0.2) is 36.8 Å². The van der Waals surface area contributed by atoms with E-state index in [4.69, 9.17) is 11.6 Å². The summed E-state index contributed by atoms with van der Waals surface area (Å²) in [4.78, 5) is 24.1. The third kappa shape index (κ3) is 3.65. The Morgan fingerprint density at radius 3 is 2.65 bits per heavy atom. The fourth-order valence-corrected chi connectivity index (χ4v) is 2.81. The SMILES string of the molecule is O=C(c1cnccn1)N1CCN(Cc2c(F)cccc2Cl)CC1. The van der Waals surface area contributed by atoms with Gasteiger partial charge in [0, 0.05) is 55.7 Å². The summed E-state index contributed by atoms with van der Waals surface area (Å²) in [5.74, 6) is -0.419. The minimum absolute atomic E-state index is 0.123. The lowest BCUT2D eigenvalue weighted by Gasteiger charge is -2.34. The molecule has 23 heavy (non-hydrogen) atoms. The van der Waals surface area contributed by atoms with Crippen molar-refractivity contribution in [3.63, 3.8) is 0 Å². The van der Waals surface area contributed by atoms with Gasteiger partial charge in [0.1, 0.15) is 11.5 Å². The number of aromatic nitrogens is 2. The van der Waals surface area contributed by atoms with Crippen LogP contribution in [-0.2, 0) is 6.54 Å². The summed E-state index contributed by atoms with van der Waals surface area (Å²) in [6.45, 7) is 2.91. The average Bonchev–Trinajstić information content (AvgIpc) is 2.59. The van der Waals surface area contributed by atoms with Crippen LogP contribution in [0.1, 0.15) is 16.1 Å². The highest BCUT2D eigenvalue weighted by Gasteiger charge is 2.24. The molecule has 1 saturated heterocycles. The molecule has 0 N–H and O–H groups in total. The number of halogens is 2. The number of benzene rings is 1. The summed E-state index contributed by atoms with van der Waals surface area (Å²) in [6.07, 6.45) is 4.50. The molecule has 0 unspecified atom stereocenters. The molecule has 5 nitrogen and oxygen atoms in total. The number of carbonyl (C=O) groups excluding carboxylic acids is 1. The number of hydrogen-bond acceptors (Lipinski definition) is 4. The van der Waals surface area contributed by atoms with E-state index < -0.39 is 0 Å². The van der Waals surface area contributed by atoms with E-state index in [1.807, 2.05) is 0 Å². The summed E-state index contributed by atoms with van der Waals surface area (Å²) >= 11 is 6.06. The van der Waals surface area contributed by atoms with Crippen LogP contribution >= 0.6 is 11.6 Å². The van der Waals surface area contributed by atoms with Crippen molar-refractivity contribution in [2.24, 2.45) is 0 Å². The van der Waals surface area contributed by atoms with Gasteiger partial charge in [-0.2, -0.15) is 0 Å². The van der Waals surface area contributed by atoms with Crippen molar-refractivity contribution in [3.8, 4) is 0 Å². The lowest BCUT2D eigenvalue weighted by Crippen LogP contribution is -2.48. The minimum atomic E-state index is -0.296. The second-order valence-corrected chi connectivity index (χ2v) is 5.77. The first-order valence-electron chi connectivity index (χ1n) is 7.35. The molecule has 7 heteroatoms. The lowest BCUT2D eigenvalue weighted by atomic mass is 10.1. The van der Waals surface area contributed by atoms with Crippen LogP contribution in [0, 0.1) is 5.82 Å². The van der Waals surface area contributed by atoms with Crippen LogP contribution in [0.3, 0.4) is 0 Å². The Bertz CT molecular complexity index is 669. The minimum Gasteiger partial charge on any atom is -0.335 e. The third-order valence-corrected chi connectivity index (χ3v) is 4.24. The fraction of sp³-hybridized carbons (Fsp3) is 0.312. The molecule has 2 aromatic rings. The third-order valence-electron chi connectivity index (χ3n) is 3.89. The molecule has 0 saturated carbocycles. The fourth-order valence-electron chi connectivity index (χ4n) is 2.59. The van der Waals surface area contributed by atoms with Gasteiger partial charge in [-0.15, -0.1) is 0 Å². The van der Waals surface area contributed by atoms with Gasteiger partial charge in [-0.05, 0) is 12.1 Å². The highest BCUT2D eigenvalue weighted by molar-refractivity contribution is 6.31. The van der Waals surface area contributed by atoms with E-state index in [2.05, 4.69) is 14.9 Å². The standard InChI is InChI=1S/C16H16ClFN4O/c17-13-2-1-3-14(18)12(13)11-21-6-8-22(9-7-21)16(23)15-10-19-4-5-20-15/h1-5,10H,6-9,11H2. The number of amides is 1. The molecule has 1 aliphatic rings. The van der Waals surface area contributed by atoms with Crippen LogP contribution in [0.25, 0.3) is 0 Å². The van der Waals surface area contributed by atoms with Gasteiger partial charge >= 0.3 is 0 Å². The molecular formula is C16H16ClFN4O. The second-order valence-electron chi connectivity index (χ2n) is 5.36. The van der Waals surface area contributed by atoms with Crippen LogP contribution < -0.4 is 0 Å². The highest BCUT2D eigenvalue weighted by atomic mass is 35.5. The van der Waals surface area contributed by atoms with E-state index in [0.29, 0.717) is 49.0 Å². The van der Waals surface area contributed by atoms with Crippen LogP contribution in [0.2, 0.25) is 5.02 Å². The van der Waals surface area contributed by atoms with Crippen molar-refractivity contribution < 1.29 is 9.18 Å². The van der Waals surface area contributed by atoms with Gasteiger partial charge in [-0.1, -0.05) is 17.7 Å². The van der Waals surface area contributed by atoms with E-state index in [1.54, 1.807) is 17.0 Å². The van der Waals surface area contributed by atoms with Gasteiger partial charge in [0.2, 0.25) is 0 Å². The smallest absolute Gasteiger partial charge is 0.274 e. The van der Waals surface area contributed by atoms with Crippen LogP contribution in [0.4, 0.5) is 4.39 Å². The average molecular weight is 335 g/mol. The van der Waals surface area contributed by atoms with Gasteiger partial charge in [0.25, 0.3) is 5.91 Å². The maximum absolute atomic E-state index is 13.8. The Kier molecular flexibility index (Phi) is 4.83. The maximum Gasteiger partial charge on any atom is 0.274 e. The van der Waals surface area contributed by atoms with E-state index in [-0.39, 0.29) is 11.7 Å². The van der Waals surface area contributed by atoms with Crippen molar-refractivity contribution in [2.75, 3.05) is 26.2 Å². The topological polar surface area (TPSA) is 49.3 Å². The summed E-state index contributed by atoms with van der Waals surface area (Å²) in [5.41, 5.74) is 0.848. The number of rotatable bonds is 3. The molecule has 3 rings (SSSR count). The Morgan fingerprint density at radius 1 is 1.22 bits per heavy atom. The van der Waals surface area contributed by atoms with E-state index in [1.165, 1.54) is 24.7 Å². The zero-order valence-electron chi connectivity index (χ0n) is 12.5. The molecule has 1 aliphatic heterocycles. The molecule has 0 aliphatic carbocycles. The number of hydrogen-bond donors (Lipinski definition) is 0. The van der Waals surface area contributed by atoms with Crippen molar-refractivity contribution >= 4 is 17.5 Å². The zero-order chi connectivity index (χ0) is 16.2. The molecule has 1 aromatic carbocycles. The lowest BCUT2D eigenvalue weighted by molar-refractivity contribution is 0.0621. The van der Waals surface area contributed by atoms with Crippen molar-refractivity contribution in [1.29, 1.82) is 0 Å². The first kappa shape index (κ1) is 15.8. The maximum atomic E-state index is 13.8. The molecule has 0 atom stereocenters. The highest BCUT2D eigenvalue weighted by Crippen LogP contribution is 2.21. The molecule has 0 spiro atoms. The van der Waals surface area contributed by atoms with Crippen molar-refractivity contribution in [1.82, 2.24) is 19.8 Å². The first-order valence-corrected chi connectivity index (χ1v) is 7.73. The van der Waals surface area contributed by atoms with Gasteiger partial charge in [-0.25, -0.2) is 9.37 Å². The van der Waals surface area contributed by atoms with Gasteiger partial charge in [0.15, 0.2) is 0 Å². The van der Waals surface area contributed by atoms with E-state index in [0.717, 1.165) is 0 Å². The molecule has 1 amide bonds. The molecule has 0 radical (unpaired) electrons. The normalized spacial score (nSPS) is 15.7. The largest absolute Gasteiger partial charge is 0.335 e. The molecule has 120 valence electrons. The summed E-state index contributed by atoms with van der Waals surface area (Å²) < 4.78 is 13.8. The predicted molar refractivity (Wildman–Crippen MR) is 84.6 cm³/mol. The Labute approximate surface area is 138 Å². The Balaban J connectivity index is 1.60. The van der Waals surface area contributed by atoms with Crippen molar-refractivity contribution in [2.45, 2.75) is 6.54 Å². The summed E-state index contributed by atoms with van der Waals surface area (Å²) in [5, 5.41) is 0.433. The van der Waals surface area contributed by atoms with E-state index in [9.17, 15) is 9.18 Å². The van der Waals surface area contributed by atoms with Gasteiger partial charge in [0.05, 0.1) is 6.20 Å². The Hall–Kier alpha value is -2.05. The zero-order valence-corrected chi connectivity index (χ0v) is 13.2. The second kappa shape index (κ2) is 7.02. The molecule has 1 fully saturated rings.